The molecule has 3 aromatic rings. The number of hydrogen-bond donors (Lipinski definition) is 1. The molecule has 0 aliphatic carbocycles. The Morgan fingerprint density at radius 2 is 1.62 bits per heavy atom. The Morgan fingerprint density at radius 1 is 0.917 bits per heavy atom. The SMILES string of the molecule is OB1OCc2ccc(OCc3ccccc3)c(-c3ccccc3)c21. The van der Waals surface area contributed by atoms with E-state index in [1.807, 2.05) is 72.8 Å². The molecule has 4 rings (SSSR count). The highest BCUT2D eigenvalue weighted by atomic mass is 16.5. The molecule has 0 spiro atoms. The highest BCUT2D eigenvalue weighted by Gasteiger charge is 2.32. The molecule has 3 nitrogen and oxygen atoms in total. The van der Waals surface area contributed by atoms with Crippen molar-refractivity contribution in [3.05, 3.63) is 83.9 Å². The summed E-state index contributed by atoms with van der Waals surface area (Å²) < 4.78 is 11.5. The van der Waals surface area contributed by atoms with Gasteiger partial charge in [0.05, 0.1) is 6.61 Å². The Hall–Kier alpha value is -2.56. The molecule has 1 heterocycles. The maximum Gasteiger partial charge on any atom is 0.492 e. The van der Waals surface area contributed by atoms with E-state index in [2.05, 4.69) is 0 Å². The van der Waals surface area contributed by atoms with Crippen LogP contribution in [0.1, 0.15) is 11.1 Å². The van der Waals surface area contributed by atoms with Gasteiger partial charge in [-0.3, -0.25) is 0 Å². The van der Waals surface area contributed by atoms with Crippen molar-refractivity contribution in [2.75, 3.05) is 0 Å². The van der Waals surface area contributed by atoms with E-state index in [1.54, 1.807) is 0 Å². The molecule has 24 heavy (non-hydrogen) atoms. The van der Waals surface area contributed by atoms with Crippen molar-refractivity contribution in [1.29, 1.82) is 0 Å². The summed E-state index contributed by atoms with van der Waals surface area (Å²) in [4.78, 5) is 0. The molecule has 0 aromatic heterocycles. The first-order chi connectivity index (χ1) is 11.8. The molecule has 118 valence electrons. The molecule has 0 radical (unpaired) electrons. The molecule has 1 aliphatic heterocycles. The summed E-state index contributed by atoms with van der Waals surface area (Å²) in [5.41, 5.74) is 4.85. The van der Waals surface area contributed by atoms with E-state index in [0.29, 0.717) is 13.2 Å². The minimum atomic E-state index is -0.907. The van der Waals surface area contributed by atoms with Crippen LogP contribution in [0.5, 0.6) is 5.75 Å². The van der Waals surface area contributed by atoms with Crippen molar-refractivity contribution < 1.29 is 14.4 Å². The van der Waals surface area contributed by atoms with E-state index in [4.69, 9.17) is 9.39 Å². The zero-order chi connectivity index (χ0) is 16.4. The van der Waals surface area contributed by atoms with Crippen LogP contribution in [-0.4, -0.2) is 12.1 Å². The first-order valence-corrected chi connectivity index (χ1v) is 8.00. The van der Waals surface area contributed by atoms with Crippen molar-refractivity contribution >= 4 is 12.6 Å². The highest BCUT2D eigenvalue weighted by Crippen LogP contribution is 2.32. The quantitative estimate of drug-likeness (QED) is 0.752. The van der Waals surface area contributed by atoms with Crippen LogP contribution >= 0.6 is 0 Å². The van der Waals surface area contributed by atoms with E-state index in [1.165, 1.54) is 0 Å². The lowest BCUT2D eigenvalue weighted by Crippen LogP contribution is -2.30. The van der Waals surface area contributed by atoms with Gasteiger partial charge < -0.3 is 14.4 Å². The second-order valence-electron chi connectivity index (χ2n) is 5.82. The van der Waals surface area contributed by atoms with Gasteiger partial charge in [0.25, 0.3) is 0 Å². The summed E-state index contributed by atoms with van der Waals surface area (Å²) in [6.45, 7) is 0.908. The van der Waals surface area contributed by atoms with E-state index in [-0.39, 0.29) is 0 Å². The van der Waals surface area contributed by atoms with Crippen molar-refractivity contribution in [3.63, 3.8) is 0 Å². The fourth-order valence-electron chi connectivity index (χ4n) is 3.06. The molecule has 4 heteroatoms. The average Bonchev–Trinajstić information content (AvgIpc) is 3.02. The highest BCUT2D eigenvalue weighted by molar-refractivity contribution is 6.63. The fourth-order valence-corrected chi connectivity index (χ4v) is 3.06. The van der Waals surface area contributed by atoms with E-state index >= 15 is 0 Å². The largest absolute Gasteiger partial charge is 0.492 e. The first-order valence-electron chi connectivity index (χ1n) is 8.00. The average molecular weight is 316 g/mol. The first kappa shape index (κ1) is 15.0. The van der Waals surface area contributed by atoms with Crippen LogP contribution < -0.4 is 10.2 Å². The molecule has 0 saturated heterocycles. The molecule has 0 unspecified atom stereocenters. The van der Waals surface area contributed by atoms with E-state index in [9.17, 15) is 5.02 Å². The normalized spacial score (nSPS) is 13.0. The summed E-state index contributed by atoms with van der Waals surface area (Å²) in [6.07, 6.45) is 0. The zero-order valence-corrected chi connectivity index (χ0v) is 13.2. The number of benzene rings is 3. The second kappa shape index (κ2) is 6.52. The summed E-state index contributed by atoms with van der Waals surface area (Å²) in [7, 11) is -0.907. The van der Waals surface area contributed by atoms with Gasteiger partial charge in [0.1, 0.15) is 12.4 Å². The van der Waals surface area contributed by atoms with Crippen LogP contribution in [-0.2, 0) is 17.9 Å². The molecule has 0 saturated carbocycles. The van der Waals surface area contributed by atoms with Gasteiger partial charge in [-0.15, -0.1) is 0 Å². The predicted molar refractivity (Wildman–Crippen MR) is 95.0 cm³/mol. The van der Waals surface area contributed by atoms with Crippen LogP contribution in [0.15, 0.2) is 72.8 Å². The monoisotopic (exact) mass is 316 g/mol. The number of fused-ring (bicyclic) bond motifs is 1. The third kappa shape index (κ3) is 2.82. The Labute approximate surface area is 141 Å². The molecule has 0 atom stereocenters. The van der Waals surface area contributed by atoms with Crippen LogP contribution in [0, 0.1) is 0 Å². The second-order valence-corrected chi connectivity index (χ2v) is 5.82. The van der Waals surface area contributed by atoms with Gasteiger partial charge in [-0.1, -0.05) is 66.7 Å². The van der Waals surface area contributed by atoms with E-state index in [0.717, 1.165) is 33.5 Å². The van der Waals surface area contributed by atoms with Gasteiger partial charge in [0.2, 0.25) is 0 Å². The van der Waals surface area contributed by atoms with Gasteiger partial charge >= 0.3 is 7.12 Å². The van der Waals surface area contributed by atoms with Crippen molar-refractivity contribution in [3.8, 4) is 16.9 Å². The molecule has 1 N–H and O–H groups in total. The molecule has 1 aliphatic rings. The van der Waals surface area contributed by atoms with Gasteiger partial charge in [0, 0.05) is 5.56 Å². The van der Waals surface area contributed by atoms with Crippen LogP contribution in [0.25, 0.3) is 11.1 Å². The van der Waals surface area contributed by atoms with E-state index < -0.39 is 7.12 Å². The van der Waals surface area contributed by atoms with Gasteiger partial charge in [-0.25, -0.2) is 0 Å². The zero-order valence-electron chi connectivity index (χ0n) is 13.2. The Bertz CT molecular complexity index is 834. The summed E-state index contributed by atoms with van der Waals surface area (Å²) in [5, 5.41) is 10.3. The van der Waals surface area contributed by atoms with Crippen LogP contribution in [0.2, 0.25) is 0 Å². The number of ether oxygens (including phenoxy) is 1. The summed E-state index contributed by atoms with van der Waals surface area (Å²) >= 11 is 0. The van der Waals surface area contributed by atoms with Crippen LogP contribution in [0.4, 0.5) is 0 Å². The molecular formula is C20H17BO3. The van der Waals surface area contributed by atoms with Gasteiger partial charge in [0.15, 0.2) is 0 Å². The Kier molecular flexibility index (Phi) is 4.07. The van der Waals surface area contributed by atoms with Gasteiger partial charge in [-0.2, -0.15) is 0 Å². The van der Waals surface area contributed by atoms with Gasteiger partial charge in [-0.05, 0) is 28.2 Å². The molecule has 0 amide bonds. The fraction of sp³-hybridized carbons (Fsp3) is 0.100. The molecule has 0 bridgehead atoms. The minimum absolute atomic E-state index is 0.426. The third-order valence-electron chi connectivity index (χ3n) is 4.24. The van der Waals surface area contributed by atoms with Crippen molar-refractivity contribution in [2.24, 2.45) is 0 Å². The predicted octanol–water partition coefficient (Wildman–Crippen LogP) is 3.15. The maximum atomic E-state index is 10.3. The molecular weight excluding hydrogens is 299 g/mol. The van der Waals surface area contributed by atoms with Crippen molar-refractivity contribution in [2.45, 2.75) is 13.2 Å². The lowest BCUT2D eigenvalue weighted by atomic mass is 9.74. The standard InChI is InChI=1S/C20H17BO3/c22-21-20-17(14-24-21)11-12-18(19(20)16-9-5-2-6-10-16)23-13-15-7-3-1-4-8-15/h1-12,22H,13-14H2. The number of rotatable bonds is 4. The maximum absolute atomic E-state index is 10.3. The molecule has 0 fully saturated rings. The number of hydrogen-bond acceptors (Lipinski definition) is 3. The lowest BCUT2D eigenvalue weighted by Gasteiger charge is -2.16. The summed E-state index contributed by atoms with van der Waals surface area (Å²) in [5.74, 6) is 0.758. The minimum Gasteiger partial charge on any atom is -0.488 e. The summed E-state index contributed by atoms with van der Waals surface area (Å²) in [6, 6.07) is 24.0. The Balaban J connectivity index is 1.75. The lowest BCUT2D eigenvalue weighted by molar-refractivity contribution is 0.275. The van der Waals surface area contributed by atoms with Crippen molar-refractivity contribution in [1.82, 2.24) is 0 Å². The third-order valence-corrected chi connectivity index (χ3v) is 4.24. The Morgan fingerprint density at radius 3 is 2.38 bits per heavy atom. The van der Waals surface area contributed by atoms with Crippen LogP contribution in [0.3, 0.4) is 0 Å². The topological polar surface area (TPSA) is 38.7 Å². The molecule has 3 aromatic carbocycles. The smallest absolute Gasteiger partial charge is 0.488 e.